The average Bonchev–Trinajstić information content (AvgIpc) is 2.38. The lowest BCUT2D eigenvalue weighted by Gasteiger charge is -2.22. The molecule has 0 aliphatic carbocycles. The molecule has 0 aromatic carbocycles. The number of hydrogen-bond acceptors (Lipinski definition) is 5. The molecule has 6 heteroatoms. The number of ether oxygens (including phenoxy) is 1. The van der Waals surface area contributed by atoms with Crippen LogP contribution in [0.2, 0.25) is 0 Å². The second-order valence-electron chi connectivity index (χ2n) is 4.02. The molecule has 0 saturated carbocycles. The maximum atomic E-state index is 12.2. The first-order chi connectivity index (χ1) is 8.74. The second-order valence-corrected chi connectivity index (χ2v) is 4.02. The molecule has 2 N–H and O–H groups in total. The van der Waals surface area contributed by atoms with Crippen LogP contribution in [-0.4, -0.2) is 42.9 Å². The summed E-state index contributed by atoms with van der Waals surface area (Å²) in [7, 11) is 1.63. The number of nitrogens with two attached hydrogens (primary N) is 1. The Labute approximate surface area is 107 Å². The van der Waals surface area contributed by atoms with Gasteiger partial charge in [0, 0.05) is 45.7 Å². The van der Waals surface area contributed by atoms with Gasteiger partial charge in [-0.2, -0.15) is 0 Å². The highest BCUT2D eigenvalue weighted by molar-refractivity contribution is 5.35. The van der Waals surface area contributed by atoms with Gasteiger partial charge in [0.15, 0.2) is 5.82 Å². The quantitative estimate of drug-likeness (QED) is 0.710. The van der Waals surface area contributed by atoms with Gasteiger partial charge in [-0.3, -0.25) is 4.79 Å². The first-order valence-corrected chi connectivity index (χ1v) is 6.24. The monoisotopic (exact) mass is 254 g/mol. The van der Waals surface area contributed by atoms with Crippen LogP contribution in [0.15, 0.2) is 17.2 Å². The van der Waals surface area contributed by atoms with Gasteiger partial charge in [0.25, 0.3) is 5.56 Å². The first kappa shape index (κ1) is 14.7. The number of aromatic nitrogens is 2. The van der Waals surface area contributed by atoms with E-state index in [4.69, 9.17) is 10.5 Å². The molecular formula is C12H22N4O2. The van der Waals surface area contributed by atoms with E-state index in [0.717, 1.165) is 6.42 Å². The minimum absolute atomic E-state index is 0.0658. The van der Waals surface area contributed by atoms with E-state index in [2.05, 4.69) is 4.98 Å². The highest BCUT2D eigenvalue weighted by Crippen LogP contribution is 2.03. The van der Waals surface area contributed by atoms with Crippen molar-refractivity contribution in [3.63, 3.8) is 0 Å². The van der Waals surface area contributed by atoms with E-state index in [0.29, 0.717) is 38.6 Å². The maximum Gasteiger partial charge on any atom is 0.293 e. The van der Waals surface area contributed by atoms with Gasteiger partial charge in [0.05, 0.1) is 6.61 Å². The Morgan fingerprint density at radius 3 is 2.89 bits per heavy atom. The summed E-state index contributed by atoms with van der Waals surface area (Å²) in [4.78, 5) is 18.3. The van der Waals surface area contributed by atoms with Gasteiger partial charge in [-0.05, 0) is 6.42 Å². The van der Waals surface area contributed by atoms with Crippen molar-refractivity contribution in [1.82, 2.24) is 9.55 Å². The van der Waals surface area contributed by atoms with Gasteiger partial charge in [0.2, 0.25) is 0 Å². The van der Waals surface area contributed by atoms with E-state index >= 15 is 0 Å². The van der Waals surface area contributed by atoms with Crippen molar-refractivity contribution in [2.75, 3.05) is 38.3 Å². The SMILES string of the molecule is CCCn1ccnc(N(CCN)CCOC)c1=O. The molecule has 0 unspecified atom stereocenters. The summed E-state index contributed by atoms with van der Waals surface area (Å²) >= 11 is 0. The number of aryl methyl sites for hydroxylation is 1. The van der Waals surface area contributed by atoms with Crippen LogP contribution in [0, 0.1) is 0 Å². The summed E-state index contributed by atoms with van der Waals surface area (Å²) in [6.07, 6.45) is 4.29. The molecule has 1 rings (SSSR count). The fourth-order valence-electron chi connectivity index (χ4n) is 1.75. The highest BCUT2D eigenvalue weighted by atomic mass is 16.5. The molecule has 0 bridgehead atoms. The lowest BCUT2D eigenvalue weighted by Crippen LogP contribution is -2.38. The van der Waals surface area contributed by atoms with Crippen molar-refractivity contribution in [2.45, 2.75) is 19.9 Å². The molecule has 0 amide bonds. The molecular weight excluding hydrogens is 232 g/mol. The minimum atomic E-state index is -0.0658. The molecule has 0 radical (unpaired) electrons. The molecule has 1 aromatic rings. The van der Waals surface area contributed by atoms with Gasteiger partial charge in [-0.15, -0.1) is 0 Å². The maximum absolute atomic E-state index is 12.2. The predicted molar refractivity (Wildman–Crippen MR) is 71.9 cm³/mol. The Hall–Kier alpha value is -1.40. The Bertz CT molecular complexity index is 405. The normalized spacial score (nSPS) is 10.6. The lowest BCUT2D eigenvalue weighted by atomic mass is 10.4. The third kappa shape index (κ3) is 3.82. The zero-order valence-corrected chi connectivity index (χ0v) is 11.1. The molecule has 0 atom stereocenters. The molecule has 0 aliphatic heterocycles. The van der Waals surface area contributed by atoms with Gasteiger partial charge in [0.1, 0.15) is 0 Å². The molecule has 0 aliphatic rings. The Balaban J connectivity index is 2.96. The van der Waals surface area contributed by atoms with Crippen LogP contribution in [0.4, 0.5) is 5.82 Å². The molecule has 1 heterocycles. The first-order valence-electron chi connectivity index (χ1n) is 6.24. The van der Waals surface area contributed by atoms with Crippen LogP contribution in [0.5, 0.6) is 0 Å². The topological polar surface area (TPSA) is 73.4 Å². The van der Waals surface area contributed by atoms with Gasteiger partial charge >= 0.3 is 0 Å². The van der Waals surface area contributed by atoms with Crippen molar-refractivity contribution < 1.29 is 4.74 Å². The Kier molecular flexibility index (Phi) is 6.38. The van der Waals surface area contributed by atoms with Crippen LogP contribution in [0.1, 0.15) is 13.3 Å². The van der Waals surface area contributed by atoms with Crippen LogP contribution < -0.4 is 16.2 Å². The van der Waals surface area contributed by atoms with Crippen molar-refractivity contribution in [3.05, 3.63) is 22.7 Å². The summed E-state index contributed by atoms with van der Waals surface area (Å²) in [6.45, 7) is 4.98. The Morgan fingerprint density at radius 2 is 2.28 bits per heavy atom. The molecule has 0 saturated heterocycles. The van der Waals surface area contributed by atoms with Crippen LogP contribution in [0.25, 0.3) is 0 Å². The van der Waals surface area contributed by atoms with Gasteiger partial charge in [-0.1, -0.05) is 6.92 Å². The molecule has 0 spiro atoms. The van der Waals surface area contributed by atoms with E-state index < -0.39 is 0 Å². The standard InChI is InChI=1S/C12H22N4O2/c1-3-6-16-8-5-14-11(12(16)17)15(7-4-13)9-10-18-2/h5,8H,3-4,6-7,9-10,13H2,1-2H3. The van der Waals surface area contributed by atoms with Gasteiger partial charge < -0.3 is 19.9 Å². The van der Waals surface area contributed by atoms with E-state index in [1.54, 1.807) is 24.1 Å². The highest BCUT2D eigenvalue weighted by Gasteiger charge is 2.12. The number of rotatable bonds is 8. The second kappa shape index (κ2) is 7.84. The van der Waals surface area contributed by atoms with E-state index in [9.17, 15) is 4.79 Å². The number of anilines is 1. The number of methoxy groups -OCH3 is 1. The van der Waals surface area contributed by atoms with Crippen molar-refractivity contribution in [3.8, 4) is 0 Å². The number of nitrogens with zero attached hydrogens (tertiary/aromatic N) is 3. The molecule has 1 aromatic heterocycles. The average molecular weight is 254 g/mol. The van der Waals surface area contributed by atoms with E-state index in [-0.39, 0.29) is 5.56 Å². The fourth-order valence-corrected chi connectivity index (χ4v) is 1.75. The minimum Gasteiger partial charge on any atom is -0.383 e. The van der Waals surface area contributed by atoms with E-state index in [1.807, 2.05) is 11.8 Å². The third-order valence-electron chi connectivity index (χ3n) is 2.62. The predicted octanol–water partition coefficient (Wildman–Crippen LogP) is 0.0648. The van der Waals surface area contributed by atoms with Crippen LogP contribution in [-0.2, 0) is 11.3 Å². The third-order valence-corrected chi connectivity index (χ3v) is 2.62. The summed E-state index contributed by atoms with van der Waals surface area (Å²) in [6, 6.07) is 0. The van der Waals surface area contributed by atoms with Crippen LogP contribution in [0.3, 0.4) is 0 Å². The zero-order valence-electron chi connectivity index (χ0n) is 11.1. The summed E-state index contributed by atoms with van der Waals surface area (Å²) < 4.78 is 6.72. The number of hydrogen-bond donors (Lipinski definition) is 1. The van der Waals surface area contributed by atoms with Crippen molar-refractivity contribution in [2.24, 2.45) is 5.73 Å². The smallest absolute Gasteiger partial charge is 0.293 e. The van der Waals surface area contributed by atoms with Crippen molar-refractivity contribution >= 4 is 5.82 Å². The molecule has 6 nitrogen and oxygen atoms in total. The van der Waals surface area contributed by atoms with Crippen molar-refractivity contribution in [1.29, 1.82) is 0 Å². The lowest BCUT2D eigenvalue weighted by molar-refractivity contribution is 0.205. The molecule has 18 heavy (non-hydrogen) atoms. The van der Waals surface area contributed by atoms with Crippen LogP contribution >= 0.6 is 0 Å². The fraction of sp³-hybridized carbons (Fsp3) is 0.667. The van der Waals surface area contributed by atoms with E-state index in [1.165, 1.54) is 0 Å². The van der Waals surface area contributed by atoms with Gasteiger partial charge in [-0.25, -0.2) is 4.98 Å². The molecule has 102 valence electrons. The zero-order chi connectivity index (χ0) is 13.4. The summed E-state index contributed by atoms with van der Waals surface area (Å²) in [5.41, 5.74) is 5.50. The molecule has 0 fully saturated rings. The Morgan fingerprint density at radius 1 is 1.50 bits per heavy atom. The summed E-state index contributed by atoms with van der Waals surface area (Å²) in [5.74, 6) is 0.452. The summed E-state index contributed by atoms with van der Waals surface area (Å²) in [5, 5.41) is 0. The largest absolute Gasteiger partial charge is 0.383 e.